The zero-order chi connectivity index (χ0) is 15.6. The number of halogens is 1. The monoisotopic (exact) mass is 324 g/mol. The average molecular weight is 324 g/mol. The molecule has 0 aromatic heterocycles. The van der Waals surface area contributed by atoms with Crippen molar-refractivity contribution in [2.45, 2.75) is 11.8 Å². The zero-order valence-electron chi connectivity index (χ0n) is 11.1. The lowest BCUT2D eigenvalue weighted by molar-refractivity contribution is 0.600. The van der Waals surface area contributed by atoms with Gasteiger partial charge in [-0.1, -0.05) is 30.4 Å². The van der Waals surface area contributed by atoms with Gasteiger partial charge in [0.1, 0.15) is 10.8 Å². The maximum absolute atomic E-state index is 13.1. The van der Waals surface area contributed by atoms with Crippen LogP contribution >= 0.6 is 12.2 Å². The molecular weight excluding hydrogens is 311 g/mol. The quantitative estimate of drug-likeness (QED) is 0.848. The molecule has 2 rings (SSSR count). The molecular formula is C14H13FN2O2S2. The first-order chi connectivity index (χ1) is 9.79. The van der Waals surface area contributed by atoms with Crippen molar-refractivity contribution >= 4 is 32.9 Å². The number of benzene rings is 2. The van der Waals surface area contributed by atoms with Crippen LogP contribution in [-0.2, 0) is 10.0 Å². The standard InChI is InChI=1S/C14H13FN2O2S2/c1-9-5-6-10(14(16)20)7-13(9)21(18,19)17-12-4-2-3-11(15)8-12/h2-8,17H,1H3,(H2,16,20). The Morgan fingerprint density at radius 2 is 1.95 bits per heavy atom. The molecule has 3 N–H and O–H groups in total. The molecule has 0 bridgehead atoms. The predicted molar refractivity (Wildman–Crippen MR) is 84.3 cm³/mol. The van der Waals surface area contributed by atoms with Gasteiger partial charge in [-0.25, -0.2) is 12.8 Å². The summed E-state index contributed by atoms with van der Waals surface area (Å²) in [6.45, 7) is 1.66. The number of hydrogen-bond acceptors (Lipinski definition) is 3. The highest BCUT2D eigenvalue weighted by Crippen LogP contribution is 2.21. The lowest BCUT2D eigenvalue weighted by atomic mass is 10.1. The number of nitrogens with two attached hydrogens (primary N) is 1. The predicted octanol–water partition coefficient (Wildman–Crippen LogP) is 2.57. The maximum Gasteiger partial charge on any atom is 0.262 e. The molecule has 0 atom stereocenters. The van der Waals surface area contributed by atoms with E-state index >= 15 is 0 Å². The molecule has 110 valence electrons. The number of thiocarbonyl (C=S) groups is 1. The van der Waals surface area contributed by atoms with Crippen LogP contribution in [0.25, 0.3) is 0 Å². The Bertz CT molecular complexity index is 804. The highest BCUT2D eigenvalue weighted by atomic mass is 32.2. The molecule has 0 saturated carbocycles. The van der Waals surface area contributed by atoms with Gasteiger partial charge < -0.3 is 5.73 Å². The fraction of sp³-hybridized carbons (Fsp3) is 0.0714. The summed E-state index contributed by atoms with van der Waals surface area (Å²) in [5, 5.41) is 0. The molecule has 0 spiro atoms. The second-order valence-corrected chi connectivity index (χ2v) is 6.55. The summed E-state index contributed by atoms with van der Waals surface area (Å²) in [5.74, 6) is -0.524. The van der Waals surface area contributed by atoms with Crippen molar-refractivity contribution in [1.82, 2.24) is 0 Å². The van der Waals surface area contributed by atoms with E-state index in [-0.39, 0.29) is 15.6 Å². The van der Waals surface area contributed by atoms with Crippen LogP contribution in [0, 0.1) is 12.7 Å². The normalized spacial score (nSPS) is 11.1. The van der Waals surface area contributed by atoms with E-state index in [1.807, 2.05) is 0 Å². The molecule has 7 heteroatoms. The largest absolute Gasteiger partial charge is 0.389 e. The van der Waals surface area contributed by atoms with Crippen molar-refractivity contribution in [3.63, 3.8) is 0 Å². The van der Waals surface area contributed by atoms with Gasteiger partial charge in [0.05, 0.1) is 10.6 Å². The van der Waals surface area contributed by atoms with Crippen LogP contribution in [0.5, 0.6) is 0 Å². The van der Waals surface area contributed by atoms with Gasteiger partial charge in [0.15, 0.2) is 0 Å². The van der Waals surface area contributed by atoms with Gasteiger partial charge in [-0.2, -0.15) is 0 Å². The summed E-state index contributed by atoms with van der Waals surface area (Å²) in [6, 6.07) is 9.90. The Morgan fingerprint density at radius 3 is 2.57 bits per heavy atom. The Balaban J connectivity index is 2.44. The minimum absolute atomic E-state index is 0.0528. The molecule has 21 heavy (non-hydrogen) atoms. The van der Waals surface area contributed by atoms with E-state index in [0.29, 0.717) is 11.1 Å². The molecule has 0 aliphatic rings. The number of rotatable bonds is 4. The van der Waals surface area contributed by atoms with Crippen LogP contribution in [0.15, 0.2) is 47.4 Å². The van der Waals surface area contributed by atoms with Gasteiger partial charge in [-0.15, -0.1) is 0 Å². The molecule has 2 aromatic rings. The molecule has 0 heterocycles. The molecule has 2 aromatic carbocycles. The number of anilines is 1. The van der Waals surface area contributed by atoms with E-state index in [1.165, 1.54) is 24.3 Å². The van der Waals surface area contributed by atoms with Crippen LogP contribution in [-0.4, -0.2) is 13.4 Å². The van der Waals surface area contributed by atoms with Gasteiger partial charge in [0.25, 0.3) is 10.0 Å². The number of sulfonamides is 1. The number of nitrogens with one attached hydrogen (secondary N) is 1. The van der Waals surface area contributed by atoms with E-state index in [4.69, 9.17) is 18.0 Å². The van der Waals surface area contributed by atoms with Gasteiger partial charge in [-0.3, -0.25) is 4.72 Å². The molecule has 0 aliphatic heterocycles. The Morgan fingerprint density at radius 1 is 1.24 bits per heavy atom. The fourth-order valence-corrected chi connectivity index (χ4v) is 3.25. The fourth-order valence-electron chi connectivity index (χ4n) is 1.80. The van der Waals surface area contributed by atoms with Crippen LogP contribution in [0.4, 0.5) is 10.1 Å². The van der Waals surface area contributed by atoms with E-state index in [1.54, 1.807) is 19.1 Å². The van der Waals surface area contributed by atoms with Gasteiger partial charge >= 0.3 is 0 Å². The van der Waals surface area contributed by atoms with Crippen LogP contribution in [0.1, 0.15) is 11.1 Å². The third-order valence-corrected chi connectivity index (χ3v) is 4.60. The highest BCUT2D eigenvalue weighted by molar-refractivity contribution is 7.92. The second kappa shape index (κ2) is 5.79. The maximum atomic E-state index is 13.1. The average Bonchev–Trinajstić information content (AvgIpc) is 2.38. The number of hydrogen-bond donors (Lipinski definition) is 2. The summed E-state index contributed by atoms with van der Waals surface area (Å²) < 4.78 is 40.2. The summed E-state index contributed by atoms with van der Waals surface area (Å²) in [6.07, 6.45) is 0. The zero-order valence-corrected chi connectivity index (χ0v) is 12.8. The highest BCUT2D eigenvalue weighted by Gasteiger charge is 2.18. The minimum Gasteiger partial charge on any atom is -0.389 e. The van der Waals surface area contributed by atoms with Crippen molar-refractivity contribution in [1.29, 1.82) is 0 Å². The van der Waals surface area contributed by atoms with E-state index < -0.39 is 15.8 Å². The summed E-state index contributed by atoms with van der Waals surface area (Å²) in [7, 11) is -3.85. The smallest absolute Gasteiger partial charge is 0.262 e. The Hall–Kier alpha value is -1.99. The Labute approximate surface area is 127 Å². The van der Waals surface area contributed by atoms with Crippen LogP contribution in [0.3, 0.4) is 0 Å². The first-order valence-corrected chi connectivity index (χ1v) is 7.87. The van der Waals surface area contributed by atoms with Crippen molar-refractivity contribution in [2.75, 3.05) is 4.72 Å². The summed E-state index contributed by atoms with van der Waals surface area (Å²) in [5.41, 5.74) is 6.66. The first-order valence-electron chi connectivity index (χ1n) is 5.98. The Kier molecular flexibility index (Phi) is 4.24. The van der Waals surface area contributed by atoms with Crippen LogP contribution in [0.2, 0.25) is 0 Å². The third-order valence-electron chi connectivity index (χ3n) is 2.84. The molecule has 0 fully saturated rings. The van der Waals surface area contributed by atoms with Crippen molar-refractivity contribution in [2.24, 2.45) is 5.73 Å². The van der Waals surface area contributed by atoms with Crippen molar-refractivity contribution < 1.29 is 12.8 Å². The second-order valence-electron chi connectivity index (χ2n) is 4.46. The SMILES string of the molecule is Cc1ccc(C(N)=S)cc1S(=O)(=O)Nc1cccc(F)c1. The lowest BCUT2D eigenvalue weighted by Crippen LogP contribution is -2.16. The number of aryl methyl sites for hydroxylation is 1. The topological polar surface area (TPSA) is 72.2 Å². The molecule has 0 saturated heterocycles. The molecule has 0 aliphatic carbocycles. The molecule has 0 radical (unpaired) electrons. The van der Waals surface area contributed by atoms with E-state index in [2.05, 4.69) is 4.72 Å². The van der Waals surface area contributed by atoms with Crippen LogP contribution < -0.4 is 10.5 Å². The van der Waals surface area contributed by atoms with Gasteiger partial charge in [0.2, 0.25) is 0 Å². The van der Waals surface area contributed by atoms with E-state index in [0.717, 1.165) is 6.07 Å². The minimum atomic E-state index is -3.85. The van der Waals surface area contributed by atoms with Crippen molar-refractivity contribution in [3.8, 4) is 0 Å². The van der Waals surface area contributed by atoms with Gasteiger partial charge in [-0.05, 0) is 36.8 Å². The molecule has 0 unspecified atom stereocenters. The molecule has 0 amide bonds. The third kappa shape index (κ3) is 3.56. The molecule has 4 nitrogen and oxygen atoms in total. The summed E-state index contributed by atoms with van der Waals surface area (Å²) >= 11 is 4.85. The van der Waals surface area contributed by atoms with Crippen molar-refractivity contribution in [3.05, 3.63) is 59.4 Å². The van der Waals surface area contributed by atoms with E-state index in [9.17, 15) is 12.8 Å². The first kappa shape index (κ1) is 15.4. The van der Waals surface area contributed by atoms with Gasteiger partial charge in [0, 0.05) is 5.56 Å². The lowest BCUT2D eigenvalue weighted by Gasteiger charge is -2.11. The summed E-state index contributed by atoms with van der Waals surface area (Å²) in [4.78, 5) is 0.161.